The first-order chi connectivity index (χ1) is 19.4. The smallest absolute Gasteiger partial charge is 0.251 e. The van der Waals surface area contributed by atoms with Gasteiger partial charge in [-0.1, -0.05) is 76.6 Å². The second-order valence-corrected chi connectivity index (χ2v) is 10.5. The maximum absolute atomic E-state index is 12.8. The lowest BCUT2D eigenvalue weighted by molar-refractivity contribution is -0.121. The van der Waals surface area contributed by atoms with E-state index >= 15 is 0 Å². The van der Waals surface area contributed by atoms with Gasteiger partial charge in [0.15, 0.2) is 11.5 Å². The first kappa shape index (κ1) is 29.0. The van der Waals surface area contributed by atoms with Crippen LogP contribution in [0.1, 0.15) is 39.5 Å². The second kappa shape index (κ2) is 14.4. The highest BCUT2D eigenvalue weighted by molar-refractivity contribution is 9.10. The molecule has 0 heterocycles. The Morgan fingerprint density at radius 1 is 0.925 bits per heavy atom. The highest BCUT2D eigenvalue weighted by Gasteiger charge is 2.19. The van der Waals surface area contributed by atoms with Crippen molar-refractivity contribution in [3.05, 3.63) is 128 Å². The summed E-state index contributed by atoms with van der Waals surface area (Å²) >= 11 is 6.97. The molecule has 0 saturated carbocycles. The molecular weight excluding hydrogens is 638 g/mol. The van der Waals surface area contributed by atoms with E-state index in [2.05, 4.69) is 47.7 Å². The number of hydrogen-bond acceptors (Lipinski definition) is 5. The number of benzene rings is 4. The monoisotopic (exact) mass is 663 g/mol. The Kier molecular flexibility index (Phi) is 10.5. The van der Waals surface area contributed by atoms with E-state index in [0.29, 0.717) is 33.7 Å². The molecule has 4 aromatic carbocycles. The quantitative estimate of drug-likeness (QED) is 0.136. The fraction of sp³-hybridized carbons (Fsp3) is 0.129. The van der Waals surface area contributed by atoms with Crippen LogP contribution in [0.25, 0.3) is 0 Å². The van der Waals surface area contributed by atoms with Crippen molar-refractivity contribution in [2.24, 2.45) is 5.10 Å². The van der Waals surface area contributed by atoms with Crippen LogP contribution in [0.15, 0.2) is 111 Å². The second-order valence-electron chi connectivity index (χ2n) is 8.75. The third-order valence-corrected chi connectivity index (χ3v) is 7.00. The number of rotatable bonds is 11. The van der Waals surface area contributed by atoms with Crippen LogP contribution in [0, 0.1) is 0 Å². The van der Waals surface area contributed by atoms with Gasteiger partial charge in [0.1, 0.15) is 6.61 Å². The minimum absolute atomic E-state index is 0.00970. The molecule has 4 aromatic rings. The van der Waals surface area contributed by atoms with Crippen LogP contribution in [-0.2, 0) is 11.4 Å². The molecule has 0 saturated heterocycles. The molecule has 40 heavy (non-hydrogen) atoms. The fourth-order valence-corrected chi connectivity index (χ4v) is 4.71. The average Bonchev–Trinajstić information content (AvgIpc) is 2.97. The molecule has 7 nitrogen and oxygen atoms in total. The SMILES string of the molecule is COc1cc(/C=N\NC(=O)C[C@H](NC(=O)c2ccccc2)c2ccccc2)cc(Br)c1OCc1ccc(Br)cc1. The molecule has 0 radical (unpaired) electrons. The van der Waals surface area contributed by atoms with Gasteiger partial charge in [-0.25, -0.2) is 5.43 Å². The van der Waals surface area contributed by atoms with Gasteiger partial charge in [0.2, 0.25) is 5.91 Å². The van der Waals surface area contributed by atoms with Crippen molar-refractivity contribution >= 4 is 49.9 Å². The summed E-state index contributed by atoms with van der Waals surface area (Å²) in [5, 5.41) is 7.07. The van der Waals surface area contributed by atoms with E-state index in [1.807, 2.05) is 66.7 Å². The number of halogens is 2. The number of carbonyl (C=O) groups is 2. The summed E-state index contributed by atoms with van der Waals surface area (Å²) in [6.07, 6.45) is 1.53. The summed E-state index contributed by atoms with van der Waals surface area (Å²) < 4.78 is 13.2. The van der Waals surface area contributed by atoms with Gasteiger partial charge < -0.3 is 14.8 Å². The number of hydrogen-bond donors (Lipinski definition) is 2. The van der Waals surface area contributed by atoms with E-state index in [0.717, 1.165) is 15.6 Å². The van der Waals surface area contributed by atoms with E-state index < -0.39 is 6.04 Å². The molecule has 0 unspecified atom stereocenters. The number of amides is 2. The molecule has 2 N–H and O–H groups in total. The van der Waals surface area contributed by atoms with Crippen molar-refractivity contribution in [3.8, 4) is 11.5 Å². The average molecular weight is 665 g/mol. The summed E-state index contributed by atoms with van der Waals surface area (Å²) in [5.74, 6) is 0.475. The molecule has 1 atom stereocenters. The molecule has 0 aliphatic rings. The first-order valence-corrected chi connectivity index (χ1v) is 14.0. The minimum Gasteiger partial charge on any atom is -0.493 e. The van der Waals surface area contributed by atoms with Crippen molar-refractivity contribution in [3.63, 3.8) is 0 Å². The van der Waals surface area contributed by atoms with Gasteiger partial charge in [-0.2, -0.15) is 5.10 Å². The Hall–Kier alpha value is -3.95. The fourth-order valence-electron chi connectivity index (χ4n) is 3.87. The van der Waals surface area contributed by atoms with Crippen molar-refractivity contribution in [1.29, 1.82) is 0 Å². The minimum atomic E-state index is -0.527. The number of nitrogens with one attached hydrogen (secondary N) is 2. The molecule has 204 valence electrons. The van der Waals surface area contributed by atoms with Crippen molar-refractivity contribution < 1.29 is 19.1 Å². The van der Waals surface area contributed by atoms with Gasteiger partial charge in [0, 0.05) is 10.0 Å². The lowest BCUT2D eigenvalue weighted by Crippen LogP contribution is -2.32. The largest absolute Gasteiger partial charge is 0.493 e. The standard InChI is InChI=1S/C31H27Br2N3O4/c1-39-28-17-22(16-26(33)30(28)40-20-21-12-14-25(32)15-13-21)19-34-36-29(37)18-27(23-8-4-2-5-9-23)35-31(38)24-10-6-3-7-11-24/h2-17,19,27H,18,20H2,1H3,(H,35,38)(H,36,37)/b34-19-/t27-/m0/s1. The maximum Gasteiger partial charge on any atom is 0.251 e. The molecule has 0 aromatic heterocycles. The molecule has 0 fully saturated rings. The van der Waals surface area contributed by atoms with Crippen LogP contribution < -0.4 is 20.2 Å². The summed E-state index contributed by atoms with van der Waals surface area (Å²) in [6.45, 7) is 0.370. The first-order valence-electron chi connectivity index (χ1n) is 12.4. The van der Waals surface area contributed by atoms with Crippen LogP contribution in [0.4, 0.5) is 0 Å². The summed E-state index contributed by atoms with van der Waals surface area (Å²) in [5.41, 5.74) is 5.60. The lowest BCUT2D eigenvalue weighted by atomic mass is 10.0. The zero-order chi connectivity index (χ0) is 28.3. The Morgan fingerprint density at radius 3 is 2.27 bits per heavy atom. The molecule has 2 amide bonds. The Labute approximate surface area is 249 Å². The number of ether oxygens (including phenoxy) is 2. The molecule has 0 aliphatic heterocycles. The van der Waals surface area contributed by atoms with Crippen molar-refractivity contribution in [2.75, 3.05) is 7.11 Å². The lowest BCUT2D eigenvalue weighted by Gasteiger charge is -2.18. The van der Waals surface area contributed by atoms with Crippen molar-refractivity contribution in [2.45, 2.75) is 19.1 Å². The zero-order valence-corrected chi connectivity index (χ0v) is 24.8. The predicted molar refractivity (Wildman–Crippen MR) is 163 cm³/mol. The van der Waals surface area contributed by atoms with Gasteiger partial charge in [-0.3, -0.25) is 9.59 Å². The summed E-state index contributed by atoms with van der Waals surface area (Å²) in [4.78, 5) is 25.6. The highest BCUT2D eigenvalue weighted by Crippen LogP contribution is 2.37. The molecular formula is C31H27Br2N3O4. The van der Waals surface area contributed by atoms with Crippen LogP contribution in [0.2, 0.25) is 0 Å². The van der Waals surface area contributed by atoms with Crippen LogP contribution in [0.3, 0.4) is 0 Å². The van der Waals surface area contributed by atoms with E-state index in [4.69, 9.17) is 9.47 Å². The Balaban J connectivity index is 1.40. The predicted octanol–water partition coefficient (Wildman–Crippen LogP) is 6.81. The van der Waals surface area contributed by atoms with Crippen LogP contribution in [0.5, 0.6) is 11.5 Å². The summed E-state index contributed by atoms with van der Waals surface area (Å²) in [7, 11) is 1.56. The number of hydrazone groups is 1. The van der Waals surface area contributed by atoms with E-state index in [1.54, 1.807) is 37.4 Å². The molecule has 0 aliphatic carbocycles. The third-order valence-electron chi connectivity index (χ3n) is 5.88. The summed E-state index contributed by atoms with van der Waals surface area (Å²) in [6, 6.07) is 29.2. The maximum atomic E-state index is 12.8. The van der Waals surface area contributed by atoms with E-state index in [1.165, 1.54) is 6.21 Å². The molecule has 0 spiro atoms. The Bertz CT molecular complexity index is 1460. The van der Waals surface area contributed by atoms with Crippen LogP contribution >= 0.6 is 31.9 Å². The van der Waals surface area contributed by atoms with Gasteiger partial charge in [0.05, 0.1) is 30.3 Å². The molecule has 4 rings (SSSR count). The van der Waals surface area contributed by atoms with E-state index in [9.17, 15) is 9.59 Å². The van der Waals surface area contributed by atoms with Gasteiger partial charge in [-0.05, 0) is 69.0 Å². The number of carbonyl (C=O) groups excluding carboxylic acids is 2. The molecule has 9 heteroatoms. The number of nitrogens with zero attached hydrogens (tertiary/aromatic N) is 1. The molecule has 0 bridgehead atoms. The number of methoxy groups -OCH3 is 1. The van der Waals surface area contributed by atoms with Crippen LogP contribution in [-0.4, -0.2) is 25.1 Å². The van der Waals surface area contributed by atoms with Gasteiger partial charge in [-0.15, -0.1) is 0 Å². The van der Waals surface area contributed by atoms with Crippen molar-refractivity contribution in [1.82, 2.24) is 10.7 Å². The third kappa shape index (κ3) is 8.27. The normalized spacial score (nSPS) is 11.6. The van der Waals surface area contributed by atoms with Gasteiger partial charge >= 0.3 is 0 Å². The zero-order valence-electron chi connectivity index (χ0n) is 21.6. The highest BCUT2D eigenvalue weighted by atomic mass is 79.9. The van der Waals surface area contributed by atoms with Gasteiger partial charge in [0.25, 0.3) is 5.91 Å². The topological polar surface area (TPSA) is 89.0 Å². The van der Waals surface area contributed by atoms with E-state index in [-0.39, 0.29) is 18.2 Å². The Morgan fingerprint density at radius 2 is 1.60 bits per heavy atom.